The van der Waals surface area contributed by atoms with Crippen molar-refractivity contribution in [2.75, 3.05) is 33.9 Å². The number of hydrogen-bond donors (Lipinski definition) is 0. The van der Waals surface area contributed by atoms with Crippen molar-refractivity contribution in [2.45, 2.75) is 18.9 Å². The summed E-state index contributed by atoms with van der Waals surface area (Å²) in [5.41, 5.74) is 1.36. The molecule has 1 aromatic heterocycles. The smallest absolute Gasteiger partial charge is 0.293 e. The quantitative estimate of drug-likeness (QED) is 0.599. The molecule has 0 N–H and O–H groups in total. The normalized spacial score (nSPS) is 18.5. The molecule has 0 bridgehead atoms. The van der Waals surface area contributed by atoms with Crippen LogP contribution in [0.15, 0.2) is 24.5 Å². The Hall–Kier alpha value is -1.46. The third-order valence-electron chi connectivity index (χ3n) is 3.06. The number of nitrogens with zero attached hydrogens (tertiary/aromatic N) is 2. The van der Waals surface area contributed by atoms with E-state index >= 15 is 0 Å². The van der Waals surface area contributed by atoms with Crippen LogP contribution in [0.1, 0.15) is 24.4 Å². The van der Waals surface area contributed by atoms with Crippen LogP contribution in [-0.4, -0.2) is 50.3 Å². The van der Waals surface area contributed by atoms with Gasteiger partial charge in [-0.15, -0.1) is 0 Å². The molecule has 0 saturated carbocycles. The maximum Gasteiger partial charge on any atom is 0.293 e. The number of ether oxygens (including phenoxy) is 2. The minimum absolute atomic E-state index is 0.347. The van der Waals surface area contributed by atoms with Gasteiger partial charge < -0.3 is 9.47 Å². The third-order valence-corrected chi connectivity index (χ3v) is 3.06. The Labute approximate surface area is 114 Å². The molecular weight excluding hydrogens is 244 g/mol. The van der Waals surface area contributed by atoms with Gasteiger partial charge in [0.2, 0.25) is 0 Å². The molecule has 0 amide bonds. The van der Waals surface area contributed by atoms with Gasteiger partial charge in [-0.25, -0.2) is 0 Å². The molecule has 1 atom stereocenters. The summed E-state index contributed by atoms with van der Waals surface area (Å²) in [4.78, 5) is 15.9. The van der Waals surface area contributed by atoms with Gasteiger partial charge in [0.25, 0.3) is 6.47 Å². The molecule has 1 unspecified atom stereocenters. The average molecular weight is 266 g/mol. The van der Waals surface area contributed by atoms with Crippen LogP contribution in [0.5, 0.6) is 0 Å². The molecule has 1 aliphatic rings. The lowest BCUT2D eigenvalue weighted by molar-refractivity contribution is -0.129. The number of pyridine rings is 1. The fourth-order valence-electron chi connectivity index (χ4n) is 2.08. The van der Waals surface area contributed by atoms with Crippen LogP contribution >= 0.6 is 0 Å². The molecule has 1 aliphatic heterocycles. The molecule has 0 aromatic carbocycles. The van der Waals surface area contributed by atoms with Gasteiger partial charge in [0.15, 0.2) is 0 Å². The Kier molecular flexibility index (Phi) is 7.77. The average Bonchev–Trinajstić information content (AvgIpc) is 2.87. The first-order chi connectivity index (χ1) is 9.29. The number of aromatic nitrogens is 1. The first-order valence-corrected chi connectivity index (χ1v) is 6.44. The Balaban J connectivity index is 0.000000224. The van der Waals surface area contributed by atoms with Crippen molar-refractivity contribution in [1.82, 2.24) is 9.88 Å². The van der Waals surface area contributed by atoms with Gasteiger partial charge in [0, 0.05) is 25.5 Å². The second-order valence-corrected chi connectivity index (χ2v) is 4.38. The highest BCUT2D eigenvalue weighted by molar-refractivity contribution is 5.36. The minimum atomic E-state index is 0.347. The van der Waals surface area contributed by atoms with Crippen molar-refractivity contribution in [1.29, 1.82) is 0 Å². The van der Waals surface area contributed by atoms with E-state index in [2.05, 4.69) is 32.5 Å². The van der Waals surface area contributed by atoms with Gasteiger partial charge in [-0.2, -0.15) is 0 Å². The first kappa shape index (κ1) is 15.6. The van der Waals surface area contributed by atoms with Gasteiger partial charge in [-0.1, -0.05) is 6.07 Å². The number of carbonyl (C=O) groups is 1. The summed E-state index contributed by atoms with van der Waals surface area (Å²) in [5.74, 6) is 0. The summed E-state index contributed by atoms with van der Waals surface area (Å²) in [6.07, 6.45) is 6.41. The molecule has 19 heavy (non-hydrogen) atoms. The van der Waals surface area contributed by atoms with E-state index in [-0.39, 0.29) is 0 Å². The Bertz CT molecular complexity index is 346. The van der Waals surface area contributed by atoms with Crippen LogP contribution in [0.25, 0.3) is 0 Å². The van der Waals surface area contributed by atoms with Crippen LogP contribution < -0.4 is 0 Å². The fraction of sp³-hybridized carbons (Fsp3) is 0.571. The van der Waals surface area contributed by atoms with Gasteiger partial charge in [0.1, 0.15) is 6.61 Å². The zero-order chi connectivity index (χ0) is 13.9. The van der Waals surface area contributed by atoms with Crippen molar-refractivity contribution < 1.29 is 14.3 Å². The van der Waals surface area contributed by atoms with Crippen molar-refractivity contribution >= 4 is 6.47 Å². The molecule has 2 heterocycles. The van der Waals surface area contributed by atoms with Crippen molar-refractivity contribution in [3.63, 3.8) is 0 Å². The summed E-state index contributed by atoms with van der Waals surface area (Å²) in [6.45, 7) is 2.44. The molecule has 1 saturated heterocycles. The molecule has 5 nitrogen and oxygen atoms in total. The van der Waals surface area contributed by atoms with Gasteiger partial charge >= 0.3 is 0 Å². The van der Waals surface area contributed by atoms with Crippen LogP contribution in [0, 0.1) is 0 Å². The van der Waals surface area contributed by atoms with Crippen LogP contribution in [0.3, 0.4) is 0 Å². The molecular formula is C14H22N2O3. The lowest BCUT2D eigenvalue weighted by atomic mass is 10.1. The molecule has 2 rings (SSSR count). The third kappa shape index (κ3) is 5.81. The van der Waals surface area contributed by atoms with Crippen LogP contribution in [-0.2, 0) is 14.3 Å². The highest BCUT2D eigenvalue weighted by atomic mass is 16.5. The Morgan fingerprint density at radius 2 is 2.37 bits per heavy atom. The van der Waals surface area contributed by atoms with E-state index in [0.29, 0.717) is 25.7 Å². The van der Waals surface area contributed by atoms with Gasteiger partial charge in [0.05, 0.1) is 6.61 Å². The lowest BCUT2D eigenvalue weighted by Crippen LogP contribution is -2.17. The number of hydrogen-bond acceptors (Lipinski definition) is 5. The van der Waals surface area contributed by atoms with Crippen molar-refractivity contribution in [3.05, 3.63) is 30.1 Å². The fourth-order valence-corrected chi connectivity index (χ4v) is 2.08. The maximum atomic E-state index is 9.40. The Morgan fingerprint density at radius 3 is 2.89 bits per heavy atom. The Morgan fingerprint density at radius 1 is 1.53 bits per heavy atom. The maximum absolute atomic E-state index is 9.40. The number of likely N-dealkylation sites (tertiary alicyclic amines) is 1. The molecule has 1 fully saturated rings. The van der Waals surface area contributed by atoms with Crippen LogP contribution in [0.4, 0.5) is 0 Å². The van der Waals surface area contributed by atoms with E-state index in [1.54, 1.807) is 7.11 Å². The van der Waals surface area contributed by atoms with E-state index < -0.39 is 0 Å². The highest BCUT2D eigenvalue weighted by Gasteiger charge is 2.21. The van der Waals surface area contributed by atoms with E-state index in [0.717, 1.165) is 0 Å². The summed E-state index contributed by atoms with van der Waals surface area (Å²) in [7, 11) is 3.73. The molecule has 0 spiro atoms. The monoisotopic (exact) mass is 266 g/mol. The van der Waals surface area contributed by atoms with Crippen molar-refractivity contribution in [2.24, 2.45) is 0 Å². The summed E-state index contributed by atoms with van der Waals surface area (Å²) < 4.78 is 8.83. The largest absolute Gasteiger partial charge is 0.465 e. The first-order valence-electron chi connectivity index (χ1n) is 6.44. The molecule has 0 aliphatic carbocycles. The predicted octanol–water partition coefficient (Wildman–Crippen LogP) is 1.65. The van der Waals surface area contributed by atoms with E-state index in [1.165, 1.54) is 24.9 Å². The van der Waals surface area contributed by atoms with E-state index in [1.807, 2.05) is 18.5 Å². The molecule has 5 heteroatoms. The van der Waals surface area contributed by atoms with E-state index in [9.17, 15) is 4.79 Å². The second kappa shape index (κ2) is 9.47. The lowest BCUT2D eigenvalue weighted by Gasteiger charge is -2.18. The highest BCUT2D eigenvalue weighted by Crippen LogP contribution is 2.29. The summed E-state index contributed by atoms with van der Waals surface area (Å²) in [5, 5.41) is 0. The molecule has 106 valence electrons. The number of carbonyl (C=O) groups excluding carboxylic acids is 1. The predicted molar refractivity (Wildman–Crippen MR) is 72.7 cm³/mol. The zero-order valence-electron chi connectivity index (χ0n) is 11.6. The minimum Gasteiger partial charge on any atom is -0.465 e. The zero-order valence-corrected chi connectivity index (χ0v) is 11.6. The number of rotatable bonds is 5. The van der Waals surface area contributed by atoms with E-state index in [4.69, 9.17) is 0 Å². The van der Waals surface area contributed by atoms with Gasteiger partial charge in [-0.3, -0.25) is 14.7 Å². The second-order valence-electron chi connectivity index (χ2n) is 4.38. The number of methoxy groups -OCH3 is 1. The topological polar surface area (TPSA) is 51.7 Å². The summed E-state index contributed by atoms with van der Waals surface area (Å²) in [6, 6.07) is 4.79. The standard InChI is InChI=1S/C10H14N2.C4H8O3/c1-12-7-3-5-10(12)9-4-2-6-11-8-9;1-6-2-3-7-4-5/h2,4,6,8,10H,3,5,7H2,1H3;4H,2-3H2,1H3. The molecule has 0 radical (unpaired) electrons. The molecule has 1 aromatic rings. The summed E-state index contributed by atoms with van der Waals surface area (Å²) >= 11 is 0. The van der Waals surface area contributed by atoms with Crippen molar-refractivity contribution in [3.8, 4) is 0 Å². The van der Waals surface area contributed by atoms with Gasteiger partial charge in [-0.05, 0) is 38.1 Å². The van der Waals surface area contributed by atoms with Crippen LogP contribution in [0.2, 0.25) is 0 Å². The SMILES string of the molecule is CN1CCCC1c1cccnc1.COCCOC=O.